The number of aromatic nitrogens is 1. The summed E-state index contributed by atoms with van der Waals surface area (Å²) < 4.78 is 18.8. The van der Waals surface area contributed by atoms with Crippen LogP contribution in [0.15, 0.2) is 59.1 Å². The highest BCUT2D eigenvalue weighted by Crippen LogP contribution is 2.23. The number of nitrogens with zero attached hydrogens (tertiary/aromatic N) is 1. The van der Waals surface area contributed by atoms with Gasteiger partial charge < -0.3 is 14.9 Å². The van der Waals surface area contributed by atoms with E-state index >= 15 is 0 Å². The van der Waals surface area contributed by atoms with Crippen molar-refractivity contribution in [2.75, 3.05) is 6.54 Å². The van der Waals surface area contributed by atoms with Gasteiger partial charge in [0.15, 0.2) is 11.5 Å². The summed E-state index contributed by atoms with van der Waals surface area (Å²) in [6.45, 7) is 0.437. The van der Waals surface area contributed by atoms with Crippen LogP contribution < -0.4 is 5.32 Å². The molecule has 0 spiro atoms. The Balaban J connectivity index is 1.57. The number of halogens is 1. The van der Waals surface area contributed by atoms with Gasteiger partial charge in [-0.1, -0.05) is 41.6 Å². The van der Waals surface area contributed by atoms with Crippen molar-refractivity contribution in [2.45, 2.75) is 13.0 Å². The van der Waals surface area contributed by atoms with E-state index in [1.165, 1.54) is 12.1 Å². The highest BCUT2D eigenvalue weighted by Gasteiger charge is 2.15. The van der Waals surface area contributed by atoms with Gasteiger partial charge in [0.25, 0.3) is 5.91 Å². The molecule has 2 N–H and O–H groups in total. The van der Waals surface area contributed by atoms with Crippen LogP contribution in [0.2, 0.25) is 0 Å². The van der Waals surface area contributed by atoms with Gasteiger partial charge in [0.2, 0.25) is 0 Å². The molecule has 0 aliphatic rings. The predicted octanol–water partition coefficient (Wildman–Crippen LogP) is 2.95. The molecule has 1 heterocycles. The molecule has 3 aromatic rings. The van der Waals surface area contributed by atoms with Gasteiger partial charge in [-0.05, 0) is 29.7 Å². The molecule has 128 valence electrons. The number of nitrogens with one attached hydrogen (secondary N) is 1. The van der Waals surface area contributed by atoms with E-state index in [9.17, 15) is 9.18 Å². The monoisotopic (exact) mass is 340 g/mol. The van der Waals surface area contributed by atoms with Crippen LogP contribution in [-0.2, 0) is 13.0 Å². The molecule has 3 rings (SSSR count). The summed E-state index contributed by atoms with van der Waals surface area (Å²) in [5.74, 6) is -0.599. The minimum absolute atomic E-state index is 0.00746. The average Bonchev–Trinajstić information content (AvgIpc) is 3.12. The molecular formula is C19H17FN2O3. The number of hydrogen-bond acceptors (Lipinski definition) is 4. The van der Waals surface area contributed by atoms with E-state index in [0.29, 0.717) is 13.0 Å². The van der Waals surface area contributed by atoms with Gasteiger partial charge in [0.1, 0.15) is 5.82 Å². The molecule has 0 saturated carbocycles. The van der Waals surface area contributed by atoms with Crippen molar-refractivity contribution < 1.29 is 18.8 Å². The molecule has 0 aliphatic carbocycles. The summed E-state index contributed by atoms with van der Waals surface area (Å²) in [5, 5.41) is 15.5. The summed E-state index contributed by atoms with van der Waals surface area (Å²) in [6, 6.07) is 15.1. The second-order valence-corrected chi connectivity index (χ2v) is 5.54. The van der Waals surface area contributed by atoms with Crippen LogP contribution in [0.4, 0.5) is 4.39 Å². The highest BCUT2D eigenvalue weighted by molar-refractivity contribution is 5.93. The Bertz CT molecular complexity index is 859. The summed E-state index contributed by atoms with van der Waals surface area (Å²) in [7, 11) is 0. The Labute approximate surface area is 144 Å². The number of hydrogen-bond donors (Lipinski definition) is 2. The maximum absolute atomic E-state index is 13.7. The smallest absolute Gasteiger partial charge is 0.273 e. The van der Waals surface area contributed by atoms with Gasteiger partial charge in [0, 0.05) is 12.6 Å². The lowest BCUT2D eigenvalue weighted by molar-refractivity contribution is 0.0945. The zero-order chi connectivity index (χ0) is 17.6. The maximum Gasteiger partial charge on any atom is 0.273 e. The van der Waals surface area contributed by atoms with E-state index in [4.69, 9.17) is 9.63 Å². The maximum atomic E-state index is 13.7. The first-order chi connectivity index (χ1) is 12.2. The summed E-state index contributed by atoms with van der Waals surface area (Å²) in [4.78, 5) is 12.1. The number of aliphatic hydroxyl groups excluding tert-OH is 1. The van der Waals surface area contributed by atoms with Gasteiger partial charge >= 0.3 is 0 Å². The first-order valence-electron chi connectivity index (χ1n) is 7.86. The number of aliphatic hydroxyl groups is 1. The minimum atomic E-state index is -0.433. The Morgan fingerprint density at radius 2 is 1.84 bits per heavy atom. The number of carbonyl (C=O) groups is 1. The van der Waals surface area contributed by atoms with E-state index in [2.05, 4.69) is 10.5 Å². The third-order valence-electron chi connectivity index (χ3n) is 3.79. The van der Waals surface area contributed by atoms with Gasteiger partial charge in [-0.15, -0.1) is 0 Å². The van der Waals surface area contributed by atoms with Crippen molar-refractivity contribution in [3.63, 3.8) is 0 Å². The third-order valence-corrected chi connectivity index (χ3v) is 3.79. The second kappa shape index (κ2) is 7.72. The fourth-order valence-electron chi connectivity index (χ4n) is 2.39. The Kier molecular flexibility index (Phi) is 5.20. The molecule has 25 heavy (non-hydrogen) atoms. The van der Waals surface area contributed by atoms with Crippen LogP contribution in [0, 0.1) is 5.82 Å². The SMILES string of the molecule is O=C(NCCc1ccc(CO)cc1)c1cc(-c2ccccc2F)on1. The molecule has 0 radical (unpaired) electrons. The zero-order valence-electron chi connectivity index (χ0n) is 13.4. The molecule has 0 atom stereocenters. The average molecular weight is 340 g/mol. The first-order valence-corrected chi connectivity index (χ1v) is 7.86. The first kappa shape index (κ1) is 16.9. The van der Waals surface area contributed by atoms with E-state index in [-0.39, 0.29) is 29.5 Å². The van der Waals surface area contributed by atoms with Crippen LogP contribution >= 0.6 is 0 Å². The number of amides is 1. The summed E-state index contributed by atoms with van der Waals surface area (Å²) in [5.41, 5.74) is 2.26. The van der Waals surface area contributed by atoms with Crippen LogP contribution in [0.5, 0.6) is 0 Å². The van der Waals surface area contributed by atoms with Crippen molar-refractivity contribution in [1.82, 2.24) is 10.5 Å². The van der Waals surface area contributed by atoms with Crippen molar-refractivity contribution in [2.24, 2.45) is 0 Å². The minimum Gasteiger partial charge on any atom is -0.392 e. The van der Waals surface area contributed by atoms with Gasteiger partial charge in [-0.2, -0.15) is 0 Å². The van der Waals surface area contributed by atoms with Gasteiger partial charge in [-0.3, -0.25) is 4.79 Å². The zero-order valence-corrected chi connectivity index (χ0v) is 13.4. The van der Waals surface area contributed by atoms with Crippen LogP contribution in [0.25, 0.3) is 11.3 Å². The lowest BCUT2D eigenvalue weighted by Crippen LogP contribution is -2.25. The Morgan fingerprint density at radius 1 is 1.12 bits per heavy atom. The fraction of sp³-hybridized carbons (Fsp3) is 0.158. The van der Waals surface area contributed by atoms with E-state index in [1.807, 2.05) is 24.3 Å². The third kappa shape index (κ3) is 4.10. The number of rotatable bonds is 6. The molecule has 0 saturated heterocycles. The molecule has 1 amide bonds. The number of benzene rings is 2. The topological polar surface area (TPSA) is 75.4 Å². The van der Waals surface area contributed by atoms with Crippen LogP contribution in [-0.4, -0.2) is 22.7 Å². The van der Waals surface area contributed by atoms with Gasteiger partial charge in [0.05, 0.1) is 12.2 Å². The molecule has 0 fully saturated rings. The standard InChI is InChI=1S/C19H17FN2O3/c20-16-4-2-1-3-15(16)18-11-17(22-25-18)19(24)21-10-9-13-5-7-14(12-23)8-6-13/h1-8,11,23H,9-10,12H2,(H,21,24). The number of carbonyl (C=O) groups excluding carboxylic acids is 1. The second-order valence-electron chi connectivity index (χ2n) is 5.54. The molecule has 0 bridgehead atoms. The fourth-order valence-corrected chi connectivity index (χ4v) is 2.39. The van der Waals surface area contributed by atoms with Crippen LogP contribution in [0.1, 0.15) is 21.6 Å². The molecule has 0 aliphatic heterocycles. The van der Waals surface area contributed by atoms with Crippen molar-refractivity contribution in [3.8, 4) is 11.3 Å². The largest absolute Gasteiger partial charge is 0.392 e. The molecular weight excluding hydrogens is 323 g/mol. The lowest BCUT2D eigenvalue weighted by atomic mass is 10.1. The quantitative estimate of drug-likeness (QED) is 0.723. The lowest BCUT2D eigenvalue weighted by Gasteiger charge is -2.04. The van der Waals surface area contributed by atoms with Crippen LogP contribution in [0.3, 0.4) is 0 Å². The molecule has 2 aromatic carbocycles. The highest BCUT2D eigenvalue weighted by atomic mass is 19.1. The molecule has 1 aromatic heterocycles. The van der Waals surface area contributed by atoms with Crippen molar-refractivity contribution in [1.29, 1.82) is 0 Å². The van der Waals surface area contributed by atoms with E-state index in [1.54, 1.807) is 18.2 Å². The van der Waals surface area contributed by atoms with Crippen molar-refractivity contribution in [3.05, 3.63) is 77.2 Å². The van der Waals surface area contributed by atoms with E-state index in [0.717, 1.165) is 11.1 Å². The molecule has 0 unspecified atom stereocenters. The van der Waals surface area contributed by atoms with Gasteiger partial charge in [-0.25, -0.2) is 4.39 Å². The Hall–Kier alpha value is -2.99. The van der Waals surface area contributed by atoms with Crippen molar-refractivity contribution >= 4 is 5.91 Å². The predicted molar refractivity (Wildman–Crippen MR) is 90.3 cm³/mol. The van der Waals surface area contributed by atoms with E-state index < -0.39 is 5.82 Å². The summed E-state index contributed by atoms with van der Waals surface area (Å²) >= 11 is 0. The Morgan fingerprint density at radius 3 is 2.56 bits per heavy atom. The molecule has 6 heteroatoms. The normalized spacial score (nSPS) is 10.6. The molecule has 5 nitrogen and oxygen atoms in total. The summed E-state index contributed by atoms with van der Waals surface area (Å²) in [6.07, 6.45) is 0.648.